The summed E-state index contributed by atoms with van der Waals surface area (Å²) in [5.74, 6) is -1.05. The van der Waals surface area contributed by atoms with Crippen LogP contribution in [0.4, 0.5) is 4.79 Å². The lowest BCUT2D eigenvalue weighted by Crippen LogP contribution is -2.56. The lowest BCUT2D eigenvalue weighted by molar-refractivity contribution is -0.144. The number of carbonyl (C=O) groups is 2. The Labute approximate surface area is 131 Å². The van der Waals surface area contributed by atoms with Gasteiger partial charge in [-0.3, -0.25) is 0 Å². The number of amides is 1. The smallest absolute Gasteiger partial charge is 0.408 e. The minimum Gasteiger partial charge on any atom is -0.479 e. The van der Waals surface area contributed by atoms with E-state index in [1.807, 2.05) is 18.2 Å². The van der Waals surface area contributed by atoms with Crippen molar-refractivity contribution in [2.24, 2.45) is 0 Å². The quantitative estimate of drug-likeness (QED) is 0.855. The largest absolute Gasteiger partial charge is 0.479 e. The zero-order valence-corrected chi connectivity index (χ0v) is 13.8. The van der Waals surface area contributed by atoms with Crippen molar-refractivity contribution in [3.8, 4) is 0 Å². The van der Waals surface area contributed by atoms with E-state index in [0.29, 0.717) is 0 Å². The molecule has 0 aromatic heterocycles. The zero-order chi connectivity index (χ0) is 15.8. The molecule has 2 rings (SSSR count). The van der Waals surface area contributed by atoms with Gasteiger partial charge in [-0.25, -0.2) is 9.59 Å². The molecule has 0 spiro atoms. The van der Waals surface area contributed by atoms with Crippen LogP contribution in [0.25, 0.3) is 0 Å². The van der Waals surface area contributed by atoms with Gasteiger partial charge in [0.05, 0.1) is 0 Å². The molecule has 0 radical (unpaired) electrons. The summed E-state index contributed by atoms with van der Waals surface area (Å²) >= 11 is 3.37. The molecule has 1 aromatic rings. The number of ether oxygens (including phenoxy) is 1. The Bertz CT molecular complexity index is 594. The summed E-state index contributed by atoms with van der Waals surface area (Å²) in [6, 6.07) is 5.63. The van der Waals surface area contributed by atoms with Gasteiger partial charge < -0.3 is 15.2 Å². The summed E-state index contributed by atoms with van der Waals surface area (Å²) in [5.41, 5.74) is -0.163. The van der Waals surface area contributed by atoms with Crippen molar-refractivity contribution >= 4 is 28.0 Å². The predicted octanol–water partition coefficient (Wildman–Crippen LogP) is 2.90. The van der Waals surface area contributed by atoms with Crippen LogP contribution in [0.2, 0.25) is 0 Å². The number of carboxylic acids is 1. The van der Waals surface area contributed by atoms with Crippen LogP contribution in [0.5, 0.6) is 0 Å². The normalized spacial score (nSPS) is 20.8. The van der Waals surface area contributed by atoms with Crippen LogP contribution in [0, 0.1) is 0 Å². The fourth-order valence-corrected chi connectivity index (χ4v) is 2.84. The van der Waals surface area contributed by atoms with Crippen molar-refractivity contribution in [3.05, 3.63) is 33.8 Å². The van der Waals surface area contributed by atoms with Gasteiger partial charge in [0, 0.05) is 17.3 Å². The van der Waals surface area contributed by atoms with Gasteiger partial charge in [0.2, 0.25) is 0 Å². The predicted molar refractivity (Wildman–Crippen MR) is 81.3 cm³/mol. The van der Waals surface area contributed by atoms with E-state index in [2.05, 4.69) is 21.2 Å². The van der Waals surface area contributed by atoms with E-state index >= 15 is 0 Å². The number of alkyl carbamates (subject to hydrolysis) is 1. The molecule has 0 saturated heterocycles. The van der Waals surface area contributed by atoms with Crippen LogP contribution in [0.1, 0.15) is 31.9 Å². The highest BCUT2D eigenvalue weighted by Gasteiger charge is 2.46. The average Bonchev–Trinajstić information content (AvgIpc) is 2.64. The fourth-order valence-electron chi connectivity index (χ4n) is 2.44. The third-order valence-electron chi connectivity index (χ3n) is 3.30. The molecule has 5 nitrogen and oxygen atoms in total. The minimum absolute atomic E-state index is 0.246. The standard InChI is InChI=1S/C15H18BrNO4/c1-14(2,3)21-13(20)17-15(12(18)19)7-9-4-5-11(16)6-10(9)8-15/h4-6H,7-8H2,1-3H3,(H,17,20)(H,18,19). The highest BCUT2D eigenvalue weighted by atomic mass is 79.9. The number of fused-ring (bicyclic) bond motifs is 1. The molecule has 1 aliphatic rings. The van der Waals surface area contributed by atoms with Crippen LogP contribution in [0.15, 0.2) is 22.7 Å². The molecule has 0 bridgehead atoms. The van der Waals surface area contributed by atoms with Crippen LogP contribution < -0.4 is 5.32 Å². The van der Waals surface area contributed by atoms with Crippen LogP contribution in [-0.4, -0.2) is 28.3 Å². The van der Waals surface area contributed by atoms with Gasteiger partial charge in [-0.15, -0.1) is 0 Å². The molecule has 1 unspecified atom stereocenters. The van der Waals surface area contributed by atoms with Gasteiger partial charge >= 0.3 is 12.1 Å². The molecule has 6 heteroatoms. The number of halogens is 1. The van der Waals surface area contributed by atoms with E-state index in [1.54, 1.807) is 20.8 Å². The van der Waals surface area contributed by atoms with Gasteiger partial charge in [0.25, 0.3) is 0 Å². The Morgan fingerprint density at radius 3 is 2.48 bits per heavy atom. The summed E-state index contributed by atoms with van der Waals surface area (Å²) in [6.07, 6.45) is -0.211. The van der Waals surface area contributed by atoms with Crippen LogP contribution in [0.3, 0.4) is 0 Å². The summed E-state index contributed by atoms with van der Waals surface area (Å²) in [4.78, 5) is 23.6. The third-order valence-corrected chi connectivity index (χ3v) is 3.80. The molecular formula is C15H18BrNO4. The molecule has 21 heavy (non-hydrogen) atoms. The first-order valence-electron chi connectivity index (χ1n) is 6.63. The fraction of sp³-hybridized carbons (Fsp3) is 0.467. The second-order valence-corrected chi connectivity index (χ2v) is 7.20. The molecule has 0 fully saturated rings. The molecule has 1 amide bonds. The molecular weight excluding hydrogens is 338 g/mol. The molecule has 0 saturated carbocycles. The molecule has 2 N–H and O–H groups in total. The summed E-state index contributed by atoms with van der Waals surface area (Å²) in [6.45, 7) is 5.21. The van der Waals surface area contributed by atoms with E-state index in [4.69, 9.17) is 4.74 Å². The van der Waals surface area contributed by atoms with Gasteiger partial charge in [-0.2, -0.15) is 0 Å². The molecule has 1 atom stereocenters. The number of benzene rings is 1. The van der Waals surface area contributed by atoms with Gasteiger partial charge in [-0.05, 0) is 44.0 Å². The van der Waals surface area contributed by atoms with Crippen molar-refractivity contribution < 1.29 is 19.4 Å². The second-order valence-electron chi connectivity index (χ2n) is 6.28. The number of rotatable bonds is 2. The summed E-state index contributed by atoms with van der Waals surface area (Å²) in [5, 5.41) is 12.1. The number of aliphatic carboxylic acids is 1. The Kier molecular flexibility index (Phi) is 4.02. The summed E-state index contributed by atoms with van der Waals surface area (Å²) < 4.78 is 6.06. The Balaban J connectivity index is 2.22. The number of carboxylic acid groups (broad SMARTS) is 1. The van der Waals surface area contributed by atoms with E-state index in [1.165, 1.54) is 0 Å². The molecule has 0 aliphatic heterocycles. The lowest BCUT2D eigenvalue weighted by atomic mass is 9.96. The number of carbonyl (C=O) groups excluding carboxylic acids is 1. The first kappa shape index (κ1) is 15.8. The minimum atomic E-state index is -1.34. The van der Waals surface area contributed by atoms with Gasteiger partial charge in [0.15, 0.2) is 0 Å². The molecule has 1 aliphatic carbocycles. The molecule has 1 aromatic carbocycles. The van der Waals surface area contributed by atoms with Crippen molar-refractivity contribution in [1.29, 1.82) is 0 Å². The maximum Gasteiger partial charge on any atom is 0.408 e. The Hall–Kier alpha value is -1.56. The number of hydrogen-bond donors (Lipinski definition) is 2. The van der Waals surface area contributed by atoms with Crippen LogP contribution in [-0.2, 0) is 22.4 Å². The van der Waals surface area contributed by atoms with E-state index in [0.717, 1.165) is 15.6 Å². The van der Waals surface area contributed by atoms with Gasteiger partial charge in [-0.1, -0.05) is 22.0 Å². The maximum absolute atomic E-state index is 11.9. The number of nitrogens with one attached hydrogen (secondary N) is 1. The first-order valence-corrected chi connectivity index (χ1v) is 7.42. The second kappa shape index (κ2) is 5.33. The number of hydrogen-bond acceptors (Lipinski definition) is 3. The third kappa shape index (κ3) is 3.56. The topological polar surface area (TPSA) is 75.6 Å². The van der Waals surface area contributed by atoms with Crippen molar-refractivity contribution in [1.82, 2.24) is 5.32 Å². The van der Waals surface area contributed by atoms with Crippen molar-refractivity contribution in [3.63, 3.8) is 0 Å². The van der Waals surface area contributed by atoms with Crippen molar-refractivity contribution in [2.75, 3.05) is 0 Å². The van der Waals surface area contributed by atoms with Gasteiger partial charge in [0.1, 0.15) is 11.1 Å². The highest BCUT2D eigenvalue weighted by molar-refractivity contribution is 9.10. The molecule has 114 valence electrons. The monoisotopic (exact) mass is 355 g/mol. The Morgan fingerprint density at radius 2 is 1.90 bits per heavy atom. The van der Waals surface area contributed by atoms with E-state index in [9.17, 15) is 14.7 Å². The summed E-state index contributed by atoms with van der Waals surface area (Å²) in [7, 11) is 0. The SMILES string of the molecule is CC(C)(C)OC(=O)NC1(C(=O)O)Cc2ccc(Br)cc2C1. The molecule has 0 heterocycles. The Morgan fingerprint density at radius 1 is 1.29 bits per heavy atom. The van der Waals surface area contributed by atoms with Crippen molar-refractivity contribution in [2.45, 2.75) is 44.8 Å². The highest BCUT2D eigenvalue weighted by Crippen LogP contribution is 2.32. The maximum atomic E-state index is 11.9. The van der Waals surface area contributed by atoms with Crippen LogP contribution >= 0.6 is 15.9 Å². The lowest BCUT2D eigenvalue weighted by Gasteiger charge is -2.28. The zero-order valence-electron chi connectivity index (χ0n) is 12.2. The van der Waals surface area contributed by atoms with E-state index < -0.39 is 23.2 Å². The van der Waals surface area contributed by atoms with E-state index in [-0.39, 0.29) is 12.8 Å². The first-order chi connectivity index (χ1) is 9.61. The average molecular weight is 356 g/mol.